The van der Waals surface area contributed by atoms with Crippen molar-refractivity contribution < 1.29 is 14.0 Å². The molecule has 0 saturated carbocycles. The van der Waals surface area contributed by atoms with E-state index in [0.717, 1.165) is 17.6 Å². The third kappa shape index (κ3) is 3.19. The fourth-order valence-corrected chi connectivity index (χ4v) is 1.08. The average molecular weight is 186 g/mol. The van der Waals surface area contributed by atoms with Gasteiger partial charge in [0.25, 0.3) is 0 Å². The largest absolute Gasteiger partial charge is 0.410 e. The number of quaternary nitrogens is 1. The van der Waals surface area contributed by atoms with Crippen LogP contribution in [0.3, 0.4) is 0 Å². The SMILES string of the molecule is C=CC(=O)OC(C)[N+](C)(CC)CC. The second-order valence-corrected chi connectivity index (χ2v) is 3.35. The fourth-order valence-electron chi connectivity index (χ4n) is 1.08. The summed E-state index contributed by atoms with van der Waals surface area (Å²) in [6, 6.07) is 0. The van der Waals surface area contributed by atoms with Crippen molar-refractivity contribution in [3.8, 4) is 0 Å². The molecule has 3 nitrogen and oxygen atoms in total. The highest BCUT2D eigenvalue weighted by molar-refractivity contribution is 5.81. The van der Waals surface area contributed by atoms with Gasteiger partial charge in [-0.1, -0.05) is 6.58 Å². The number of esters is 1. The summed E-state index contributed by atoms with van der Waals surface area (Å²) >= 11 is 0. The number of hydrogen-bond donors (Lipinski definition) is 0. The first kappa shape index (κ1) is 12.2. The Morgan fingerprint density at radius 1 is 1.54 bits per heavy atom. The van der Waals surface area contributed by atoms with E-state index in [1.807, 2.05) is 6.92 Å². The third-order valence-electron chi connectivity index (χ3n) is 2.78. The number of carbonyl (C=O) groups excluding carboxylic acids is 1. The standard InChI is InChI=1S/C10H20NO2/c1-6-10(12)13-9(4)11(5,7-2)8-3/h6,9H,1,7-8H2,2-5H3/q+1. The maximum absolute atomic E-state index is 11.0. The molecule has 0 aliphatic heterocycles. The smallest absolute Gasteiger partial charge is 0.334 e. The van der Waals surface area contributed by atoms with Gasteiger partial charge in [-0.2, -0.15) is 0 Å². The summed E-state index contributed by atoms with van der Waals surface area (Å²) in [4.78, 5) is 11.0. The Morgan fingerprint density at radius 3 is 2.31 bits per heavy atom. The molecule has 3 heteroatoms. The number of carbonyl (C=O) groups is 1. The van der Waals surface area contributed by atoms with Crippen LogP contribution < -0.4 is 0 Å². The van der Waals surface area contributed by atoms with Crippen LogP contribution >= 0.6 is 0 Å². The summed E-state index contributed by atoms with van der Waals surface area (Å²) in [5, 5.41) is 0. The van der Waals surface area contributed by atoms with Gasteiger partial charge in [0, 0.05) is 13.0 Å². The molecule has 76 valence electrons. The lowest BCUT2D eigenvalue weighted by atomic mass is 10.3. The van der Waals surface area contributed by atoms with E-state index < -0.39 is 0 Å². The number of nitrogens with zero attached hydrogens (tertiary/aromatic N) is 1. The van der Waals surface area contributed by atoms with E-state index in [4.69, 9.17) is 4.74 Å². The minimum Gasteiger partial charge on any atom is -0.410 e. The van der Waals surface area contributed by atoms with Crippen LogP contribution in [0.25, 0.3) is 0 Å². The van der Waals surface area contributed by atoms with Gasteiger partial charge in [0.05, 0.1) is 20.1 Å². The molecule has 0 rings (SSSR count). The maximum atomic E-state index is 11.0. The molecular formula is C10H20NO2+. The monoisotopic (exact) mass is 186 g/mol. The maximum Gasteiger partial charge on any atom is 0.334 e. The summed E-state index contributed by atoms with van der Waals surface area (Å²) in [6.07, 6.45) is 1.09. The number of hydrogen-bond acceptors (Lipinski definition) is 2. The van der Waals surface area contributed by atoms with Gasteiger partial charge in [-0.05, 0) is 13.8 Å². The molecule has 0 saturated heterocycles. The Bertz CT molecular complexity index is 185. The highest BCUT2D eigenvalue weighted by atomic mass is 16.6. The molecule has 0 fully saturated rings. The van der Waals surface area contributed by atoms with Gasteiger partial charge in [-0.3, -0.25) is 4.48 Å². The molecule has 0 bridgehead atoms. The van der Waals surface area contributed by atoms with Crippen molar-refractivity contribution in [3.05, 3.63) is 12.7 Å². The van der Waals surface area contributed by atoms with Crippen LogP contribution in [0.15, 0.2) is 12.7 Å². The van der Waals surface area contributed by atoms with Gasteiger partial charge in [0.2, 0.25) is 6.23 Å². The van der Waals surface area contributed by atoms with Crippen molar-refractivity contribution in [2.75, 3.05) is 20.1 Å². The molecule has 0 aromatic heterocycles. The average Bonchev–Trinajstić information content (AvgIpc) is 2.16. The molecule has 0 amide bonds. The zero-order valence-corrected chi connectivity index (χ0v) is 9.04. The van der Waals surface area contributed by atoms with Gasteiger partial charge in [0.15, 0.2) is 0 Å². The van der Waals surface area contributed by atoms with E-state index in [0.29, 0.717) is 0 Å². The highest BCUT2D eigenvalue weighted by Crippen LogP contribution is 2.10. The fraction of sp³-hybridized carbons (Fsp3) is 0.700. The molecule has 1 atom stereocenters. The third-order valence-corrected chi connectivity index (χ3v) is 2.78. The molecule has 0 radical (unpaired) electrons. The summed E-state index contributed by atoms with van der Waals surface area (Å²) < 4.78 is 5.90. The molecule has 13 heavy (non-hydrogen) atoms. The molecule has 0 aliphatic carbocycles. The van der Waals surface area contributed by atoms with Crippen molar-refractivity contribution in [2.45, 2.75) is 27.0 Å². The molecule has 0 aromatic rings. The molecule has 0 spiro atoms. The minimum absolute atomic E-state index is 0.111. The van der Waals surface area contributed by atoms with Crippen LogP contribution in [-0.4, -0.2) is 36.8 Å². The van der Waals surface area contributed by atoms with Crippen molar-refractivity contribution in [3.63, 3.8) is 0 Å². The lowest BCUT2D eigenvalue weighted by Gasteiger charge is -2.36. The van der Waals surface area contributed by atoms with E-state index >= 15 is 0 Å². The molecular weight excluding hydrogens is 166 g/mol. The first-order valence-corrected chi connectivity index (χ1v) is 4.67. The number of ether oxygens (including phenoxy) is 1. The van der Waals surface area contributed by atoms with Crippen LogP contribution in [0.1, 0.15) is 20.8 Å². The Hall–Kier alpha value is -0.830. The summed E-state index contributed by atoms with van der Waals surface area (Å²) in [6.45, 7) is 11.3. The van der Waals surface area contributed by atoms with Gasteiger partial charge < -0.3 is 4.74 Å². The number of rotatable bonds is 5. The normalized spacial score (nSPS) is 13.5. The predicted octanol–water partition coefficient (Wildman–Crippen LogP) is 1.55. The second kappa shape index (κ2) is 5.02. The molecule has 0 aromatic carbocycles. The van der Waals surface area contributed by atoms with Crippen LogP contribution in [-0.2, 0) is 9.53 Å². The van der Waals surface area contributed by atoms with E-state index in [1.54, 1.807) is 0 Å². The van der Waals surface area contributed by atoms with Crippen LogP contribution in [0.5, 0.6) is 0 Å². The van der Waals surface area contributed by atoms with Crippen molar-refractivity contribution >= 4 is 5.97 Å². The van der Waals surface area contributed by atoms with E-state index in [9.17, 15) is 4.79 Å². The Balaban J connectivity index is 4.29. The van der Waals surface area contributed by atoms with Gasteiger partial charge in [-0.15, -0.1) is 0 Å². The highest BCUT2D eigenvalue weighted by Gasteiger charge is 2.27. The Labute approximate surface area is 80.6 Å². The molecule has 1 unspecified atom stereocenters. The summed E-state index contributed by atoms with van der Waals surface area (Å²) in [5.41, 5.74) is 0. The minimum atomic E-state index is -0.348. The predicted molar refractivity (Wildman–Crippen MR) is 53.0 cm³/mol. The first-order valence-electron chi connectivity index (χ1n) is 4.67. The zero-order chi connectivity index (χ0) is 10.5. The lowest BCUT2D eigenvalue weighted by Crippen LogP contribution is -2.52. The van der Waals surface area contributed by atoms with E-state index in [1.165, 1.54) is 6.08 Å². The van der Waals surface area contributed by atoms with Crippen LogP contribution in [0.2, 0.25) is 0 Å². The molecule has 0 heterocycles. The Morgan fingerprint density at radius 2 is 2.00 bits per heavy atom. The molecule has 0 aliphatic rings. The van der Waals surface area contributed by atoms with Gasteiger partial charge in [-0.25, -0.2) is 4.79 Å². The van der Waals surface area contributed by atoms with Crippen molar-refractivity contribution in [1.82, 2.24) is 0 Å². The topological polar surface area (TPSA) is 26.3 Å². The van der Waals surface area contributed by atoms with Crippen molar-refractivity contribution in [2.24, 2.45) is 0 Å². The second-order valence-electron chi connectivity index (χ2n) is 3.35. The van der Waals surface area contributed by atoms with Crippen LogP contribution in [0.4, 0.5) is 0 Å². The summed E-state index contributed by atoms with van der Waals surface area (Å²) in [5.74, 6) is -0.348. The first-order chi connectivity index (χ1) is 6.00. The van der Waals surface area contributed by atoms with Gasteiger partial charge >= 0.3 is 5.97 Å². The molecule has 0 N–H and O–H groups in total. The lowest BCUT2D eigenvalue weighted by molar-refractivity contribution is -0.947. The summed E-state index contributed by atoms with van der Waals surface area (Å²) in [7, 11) is 2.07. The van der Waals surface area contributed by atoms with Crippen LogP contribution in [0, 0.1) is 0 Å². The van der Waals surface area contributed by atoms with Gasteiger partial charge in [0.1, 0.15) is 0 Å². The van der Waals surface area contributed by atoms with Crippen molar-refractivity contribution in [1.29, 1.82) is 0 Å². The van der Waals surface area contributed by atoms with E-state index in [-0.39, 0.29) is 12.2 Å². The van der Waals surface area contributed by atoms with E-state index in [2.05, 4.69) is 27.5 Å². The Kier molecular flexibility index (Phi) is 4.70. The quantitative estimate of drug-likeness (QED) is 0.282. The zero-order valence-electron chi connectivity index (χ0n) is 9.04.